The molecule has 0 unspecified atom stereocenters. The van der Waals surface area contributed by atoms with E-state index in [-0.39, 0.29) is 5.25 Å². The van der Waals surface area contributed by atoms with Gasteiger partial charge in [-0.3, -0.25) is 4.72 Å². The summed E-state index contributed by atoms with van der Waals surface area (Å²) in [7, 11) is -3.17. The van der Waals surface area contributed by atoms with Crippen LogP contribution in [0.1, 0.15) is 12.8 Å². The number of fused-ring (bicyclic) bond motifs is 1. The van der Waals surface area contributed by atoms with Crippen LogP contribution in [-0.4, -0.2) is 18.7 Å². The monoisotopic (exact) mass is 236 g/mol. The number of hydrogen-bond donors (Lipinski definition) is 2. The van der Waals surface area contributed by atoms with Gasteiger partial charge in [0.1, 0.15) is 0 Å². The van der Waals surface area contributed by atoms with Crippen LogP contribution in [0.4, 0.5) is 5.69 Å². The van der Waals surface area contributed by atoms with Crippen LogP contribution >= 0.6 is 0 Å². The fraction of sp³-hybridized carbons (Fsp3) is 0.273. The van der Waals surface area contributed by atoms with E-state index >= 15 is 0 Å². The summed E-state index contributed by atoms with van der Waals surface area (Å²) in [5.74, 6) is 0. The molecule has 0 atom stereocenters. The first-order chi connectivity index (χ1) is 7.67. The summed E-state index contributed by atoms with van der Waals surface area (Å²) in [6.45, 7) is 0. The maximum absolute atomic E-state index is 11.8. The first-order valence-corrected chi connectivity index (χ1v) is 6.79. The standard InChI is InChI=1S/C11H12N2O2S/c14-16(15,8-5-6-8)13-11-7-12-10-4-2-1-3-9(10)11/h1-4,7-8,12-13H,5-6H2. The van der Waals surface area contributed by atoms with Gasteiger partial charge in [-0.05, 0) is 18.9 Å². The van der Waals surface area contributed by atoms with Crippen LogP contribution < -0.4 is 4.72 Å². The zero-order valence-electron chi connectivity index (χ0n) is 8.60. The molecule has 2 N–H and O–H groups in total. The van der Waals surface area contributed by atoms with Gasteiger partial charge >= 0.3 is 0 Å². The number of anilines is 1. The molecule has 0 aliphatic heterocycles. The number of rotatable bonds is 3. The molecule has 1 aromatic carbocycles. The van der Waals surface area contributed by atoms with Gasteiger partial charge in [0.2, 0.25) is 10.0 Å². The molecule has 84 valence electrons. The molecule has 3 rings (SSSR count). The van der Waals surface area contributed by atoms with Crippen LogP contribution in [0.25, 0.3) is 10.9 Å². The van der Waals surface area contributed by atoms with E-state index in [2.05, 4.69) is 9.71 Å². The van der Waals surface area contributed by atoms with Crippen molar-refractivity contribution in [2.24, 2.45) is 0 Å². The maximum atomic E-state index is 11.8. The maximum Gasteiger partial charge on any atom is 0.235 e. The van der Waals surface area contributed by atoms with Crippen molar-refractivity contribution in [3.63, 3.8) is 0 Å². The Morgan fingerprint density at radius 2 is 2.00 bits per heavy atom. The zero-order valence-corrected chi connectivity index (χ0v) is 9.42. The third kappa shape index (κ3) is 1.57. The van der Waals surface area contributed by atoms with E-state index in [1.807, 2.05) is 24.3 Å². The molecule has 1 aliphatic carbocycles. The fourth-order valence-corrected chi connectivity index (χ4v) is 3.17. The van der Waals surface area contributed by atoms with Gasteiger partial charge in [0.25, 0.3) is 0 Å². The van der Waals surface area contributed by atoms with Crippen LogP contribution in [0.3, 0.4) is 0 Å². The minimum Gasteiger partial charge on any atom is -0.359 e. The number of aromatic nitrogens is 1. The fourth-order valence-electron chi connectivity index (χ4n) is 1.77. The lowest BCUT2D eigenvalue weighted by atomic mass is 10.2. The Morgan fingerprint density at radius 1 is 1.25 bits per heavy atom. The van der Waals surface area contributed by atoms with E-state index in [1.165, 1.54) is 0 Å². The molecule has 5 heteroatoms. The summed E-state index contributed by atoms with van der Waals surface area (Å²) >= 11 is 0. The molecule has 0 bridgehead atoms. The summed E-state index contributed by atoms with van der Waals surface area (Å²) in [6, 6.07) is 7.63. The van der Waals surface area contributed by atoms with Crippen molar-refractivity contribution < 1.29 is 8.42 Å². The lowest BCUT2D eigenvalue weighted by molar-refractivity contribution is 0.600. The number of hydrogen-bond acceptors (Lipinski definition) is 2. The van der Waals surface area contributed by atoms with E-state index in [0.29, 0.717) is 5.69 Å². The quantitative estimate of drug-likeness (QED) is 0.857. The molecule has 16 heavy (non-hydrogen) atoms. The van der Waals surface area contributed by atoms with Crippen LogP contribution in [0.15, 0.2) is 30.5 Å². The largest absolute Gasteiger partial charge is 0.359 e. The Hall–Kier alpha value is -1.49. The van der Waals surface area contributed by atoms with Crippen LogP contribution in [0.2, 0.25) is 0 Å². The Labute approximate surface area is 93.7 Å². The Balaban J connectivity index is 2.00. The SMILES string of the molecule is O=S(=O)(Nc1c[nH]c2ccccc12)C1CC1. The summed E-state index contributed by atoms with van der Waals surface area (Å²) in [5, 5.41) is 0.716. The predicted octanol–water partition coefficient (Wildman–Crippen LogP) is 2.07. The van der Waals surface area contributed by atoms with Crippen LogP contribution in [-0.2, 0) is 10.0 Å². The van der Waals surface area contributed by atoms with E-state index in [0.717, 1.165) is 23.7 Å². The minimum absolute atomic E-state index is 0.193. The van der Waals surface area contributed by atoms with E-state index < -0.39 is 10.0 Å². The highest BCUT2D eigenvalue weighted by Crippen LogP contribution is 2.31. The van der Waals surface area contributed by atoms with Crippen molar-refractivity contribution in [2.45, 2.75) is 18.1 Å². The molecular weight excluding hydrogens is 224 g/mol. The number of H-pyrrole nitrogens is 1. The Morgan fingerprint density at radius 3 is 2.75 bits per heavy atom. The molecule has 1 aromatic heterocycles. The molecule has 2 aromatic rings. The van der Waals surface area contributed by atoms with Gasteiger partial charge in [-0.25, -0.2) is 8.42 Å². The highest BCUT2D eigenvalue weighted by Gasteiger charge is 2.36. The topological polar surface area (TPSA) is 62.0 Å². The van der Waals surface area contributed by atoms with Crippen LogP contribution in [0.5, 0.6) is 0 Å². The average molecular weight is 236 g/mol. The second kappa shape index (κ2) is 3.25. The normalized spacial score (nSPS) is 16.5. The average Bonchev–Trinajstić information content (AvgIpc) is 3.04. The van der Waals surface area contributed by atoms with Gasteiger partial charge in [0.15, 0.2) is 0 Å². The Kier molecular flexibility index (Phi) is 1.97. The molecular formula is C11H12N2O2S. The molecule has 1 saturated carbocycles. The summed E-state index contributed by atoms with van der Waals surface area (Å²) in [5.41, 5.74) is 1.58. The molecule has 4 nitrogen and oxygen atoms in total. The number of sulfonamides is 1. The minimum atomic E-state index is -3.17. The van der Waals surface area contributed by atoms with E-state index in [4.69, 9.17) is 0 Å². The molecule has 0 radical (unpaired) electrons. The lowest BCUT2D eigenvalue weighted by Crippen LogP contribution is -2.16. The summed E-state index contributed by atoms with van der Waals surface area (Å²) < 4.78 is 26.2. The van der Waals surface area contributed by atoms with Crippen molar-refractivity contribution in [1.82, 2.24) is 4.98 Å². The zero-order chi connectivity index (χ0) is 11.2. The van der Waals surface area contributed by atoms with Gasteiger partial charge in [0.05, 0.1) is 10.9 Å². The lowest BCUT2D eigenvalue weighted by Gasteiger charge is -2.04. The second-order valence-electron chi connectivity index (χ2n) is 4.09. The highest BCUT2D eigenvalue weighted by molar-refractivity contribution is 7.93. The molecule has 0 amide bonds. The van der Waals surface area contributed by atoms with Crippen LogP contribution in [0, 0.1) is 0 Å². The van der Waals surface area contributed by atoms with Gasteiger partial charge in [-0.15, -0.1) is 0 Å². The Bertz CT molecular complexity index is 626. The van der Waals surface area contributed by atoms with Crippen molar-refractivity contribution in [1.29, 1.82) is 0 Å². The van der Waals surface area contributed by atoms with E-state index in [1.54, 1.807) is 6.20 Å². The molecule has 1 heterocycles. The van der Waals surface area contributed by atoms with Gasteiger partial charge in [0, 0.05) is 17.1 Å². The van der Waals surface area contributed by atoms with Gasteiger partial charge in [-0.2, -0.15) is 0 Å². The predicted molar refractivity (Wildman–Crippen MR) is 63.9 cm³/mol. The molecule has 1 fully saturated rings. The number of nitrogens with one attached hydrogen (secondary N) is 2. The number of benzene rings is 1. The number of para-hydroxylation sites is 1. The van der Waals surface area contributed by atoms with Crippen molar-refractivity contribution in [3.8, 4) is 0 Å². The van der Waals surface area contributed by atoms with Crippen molar-refractivity contribution in [2.75, 3.05) is 4.72 Å². The number of aromatic amines is 1. The summed E-state index contributed by atoms with van der Waals surface area (Å²) in [6.07, 6.45) is 3.25. The van der Waals surface area contributed by atoms with Crippen molar-refractivity contribution >= 4 is 26.6 Å². The molecule has 0 saturated heterocycles. The highest BCUT2D eigenvalue weighted by atomic mass is 32.2. The molecule has 0 spiro atoms. The second-order valence-corrected chi connectivity index (χ2v) is 6.06. The third-order valence-corrected chi connectivity index (χ3v) is 4.66. The van der Waals surface area contributed by atoms with Crippen molar-refractivity contribution in [3.05, 3.63) is 30.5 Å². The first-order valence-electron chi connectivity index (χ1n) is 5.24. The van der Waals surface area contributed by atoms with Gasteiger partial charge < -0.3 is 4.98 Å². The first kappa shape index (κ1) is 9.72. The molecule has 1 aliphatic rings. The van der Waals surface area contributed by atoms with E-state index in [9.17, 15) is 8.42 Å². The summed E-state index contributed by atoms with van der Waals surface area (Å²) in [4.78, 5) is 3.04. The third-order valence-electron chi connectivity index (χ3n) is 2.80. The smallest absolute Gasteiger partial charge is 0.235 e. The van der Waals surface area contributed by atoms with Gasteiger partial charge in [-0.1, -0.05) is 18.2 Å².